The molecule has 3 aromatic rings. The number of hydrogen-bond acceptors (Lipinski definition) is 4. The molecule has 0 saturated carbocycles. The fourth-order valence-corrected chi connectivity index (χ4v) is 2.24. The number of anilines is 2. The zero-order valence-corrected chi connectivity index (χ0v) is 12.8. The van der Waals surface area contributed by atoms with Crippen molar-refractivity contribution in [1.29, 1.82) is 0 Å². The molecule has 0 unspecified atom stereocenters. The normalized spacial score (nSPS) is 10.5. The number of hydrogen-bond donors (Lipinski definition) is 2. The zero-order valence-electron chi connectivity index (χ0n) is 12.8. The van der Waals surface area contributed by atoms with Crippen LogP contribution in [0, 0.1) is 13.8 Å². The highest BCUT2D eigenvalue weighted by Crippen LogP contribution is 2.23. The van der Waals surface area contributed by atoms with Crippen molar-refractivity contribution in [3.05, 3.63) is 65.7 Å². The number of nitrogens with one attached hydrogen (secondary N) is 1. The number of carboxylic acid groups (broad SMARTS) is 1. The predicted octanol–water partition coefficient (Wildman–Crippen LogP) is 3.33. The number of benzene rings is 1. The van der Waals surface area contributed by atoms with E-state index in [4.69, 9.17) is 0 Å². The van der Waals surface area contributed by atoms with Crippen LogP contribution in [-0.4, -0.2) is 25.8 Å². The average Bonchev–Trinajstić information content (AvgIpc) is 2.89. The molecule has 6 nitrogen and oxygen atoms in total. The van der Waals surface area contributed by atoms with Gasteiger partial charge in [0.25, 0.3) is 0 Å². The summed E-state index contributed by atoms with van der Waals surface area (Å²) in [5.74, 6) is -1.00. The molecular formula is C17H16N4O2. The molecular weight excluding hydrogens is 292 g/mol. The van der Waals surface area contributed by atoms with Crippen molar-refractivity contribution in [3.8, 4) is 5.69 Å². The summed E-state index contributed by atoms with van der Waals surface area (Å²) in [5, 5.41) is 16.8. The highest BCUT2D eigenvalue weighted by Gasteiger charge is 2.12. The van der Waals surface area contributed by atoms with Crippen LogP contribution in [0.15, 0.2) is 48.9 Å². The van der Waals surface area contributed by atoms with Gasteiger partial charge in [-0.15, -0.1) is 0 Å². The maximum absolute atomic E-state index is 11.3. The minimum absolute atomic E-state index is 0.169. The minimum Gasteiger partial charge on any atom is -0.478 e. The van der Waals surface area contributed by atoms with E-state index >= 15 is 0 Å². The van der Waals surface area contributed by atoms with Crippen LogP contribution in [0.1, 0.15) is 21.6 Å². The van der Waals surface area contributed by atoms with E-state index in [1.807, 2.05) is 44.3 Å². The van der Waals surface area contributed by atoms with Gasteiger partial charge < -0.3 is 10.4 Å². The number of aryl methyl sites for hydroxylation is 2. The van der Waals surface area contributed by atoms with Gasteiger partial charge in [-0.05, 0) is 32.0 Å². The summed E-state index contributed by atoms with van der Waals surface area (Å²) in [6.45, 7) is 3.89. The maximum atomic E-state index is 11.3. The van der Waals surface area contributed by atoms with Crippen LogP contribution in [0.25, 0.3) is 5.69 Å². The SMILES string of the molecule is Cc1ccc(-n2cc(Nc3cnccc3C(=O)O)c(C)n2)cc1. The van der Waals surface area contributed by atoms with Crippen LogP contribution in [0.2, 0.25) is 0 Å². The number of nitrogens with zero attached hydrogens (tertiary/aromatic N) is 3. The van der Waals surface area contributed by atoms with E-state index in [1.165, 1.54) is 24.0 Å². The van der Waals surface area contributed by atoms with Gasteiger partial charge in [0.15, 0.2) is 0 Å². The van der Waals surface area contributed by atoms with E-state index in [0.717, 1.165) is 17.1 Å². The highest BCUT2D eigenvalue weighted by atomic mass is 16.4. The Labute approximate surface area is 133 Å². The molecule has 116 valence electrons. The van der Waals surface area contributed by atoms with Gasteiger partial charge in [-0.2, -0.15) is 5.10 Å². The number of pyridine rings is 1. The molecule has 2 N–H and O–H groups in total. The Balaban J connectivity index is 1.93. The van der Waals surface area contributed by atoms with Crippen LogP contribution in [0.5, 0.6) is 0 Å². The number of aromatic nitrogens is 3. The van der Waals surface area contributed by atoms with Crippen molar-refractivity contribution in [2.24, 2.45) is 0 Å². The summed E-state index contributed by atoms with van der Waals surface area (Å²) in [7, 11) is 0. The fraction of sp³-hybridized carbons (Fsp3) is 0.118. The molecule has 0 aliphatic rings. The Kier molecular flexibility index (Phi) is 3.80. The van der Waals surface area contributed by atoms with Crippen LogP contribution in [0.4, 0.5) is 11.4 Å². The predicted molar refractivity (Wildman–Crippen MR) is 87.5 cm³/mol. The van der Waals surface area contributed by atoms with Crippen LogP contribution >= 0.6 is 0 Å². The number of carboxylic acids is 1. The van der Waals surface area contributed by atoms with Crippen molar-refractivity contribution >= 4 is 17.3 Å². The van der Waals surface area contributed by atoms with Gasteiger partial charge in [-0.1, -0.05) is 17.7 Å². The molecule has 0 aliphatic carbocycles. The lowest BCUT2D eigenvalue weighted by molar-refractivity contribution is 0.0698. The van der Waals surface area contributed by atoms with Crippen molar-refractivity contribution in [2.75, 3.05) is 5.32 Å². The monoisotopic (exact) mass is 308 g/mol. The maximum Gasteiger partial charge on any atom is 0.337 e. The zero-order chi connectivity index (χ0) is 16.4. The highest BCUT2D eigenvalue weighted by molar-refractivity contribution is 5.94. The Morgan fingerprint density at radius 2 is 1.87 bits per heavy atom. The second-order valence-corrected chi connectivity index (χ2v) is 5.26. The van der Waals surface area contributed by atoms with E-state index in [0.29, 0.717) is 5.69 Å². The summed E-state index contributed by atoms with van der Waals surface area (Å²) < 4.78 is 1.76. The third-order valence-electron chi connectivity index (χ3n) is 3.52. The fourth-order valence-electron chi connectivity index (χ4n) is 2.24. The molecule has 23 heavy (non-hydrogen) atoms. The lowest BCUT2D eigenvalue weighted by Crippen LogP contribution is -2.03. The van der Waals surface area contributed by atoms with Crippen molar-refractivity contribution in [2.45, 2.75) is 13.8 Å². The first kappa shape index (κ1) is 14.8. The van der Waals surface area contributed by atoms with E-state index < -0.39 is 5.97 Å². The molecule has 1 aromatic carbocycles. The van der Waals surface area contributed by atoms with Gasteiger partial charge in [0.2, 0.25) is 0 Å². The quantitative estimate of drug-likeness (QED) is 0.773. The standard InChI is InChI=1S/C17H16N4O2/c1-11-3-5-13(6-4-11)21-10-16(12(2)20-21)19-15-9-18-8-7-14(15)17(22)23/h3-10,19H,1-2H3,(H,22,23). The van der Waals surface area contributed by atoms with Crippen molar-refractivity contribution < 1.29 is 9.90 Å². The van der Waals surface area contributed by atoms with Gasteiger partial charge in [0.1, 0.15) is 0 Å². The molecule has 0 atom stereocenters. The van der Waals surface area contributed by atoms with E-state index in [2.05, 4.69) is 15.4 Å². The lowest BCUT2D eigenvalue weighted by atomic mass is 10.2. The Morgan fingerprint density at radius 1 is 1.13 bits per heavy atom. The molecule has 0 spiro atoms. The third kappa shape index (κ3) is 3.06. The first-order chi connectivity index (χ1) is 11.0. The molecule has 0 radical (unpaired) electrons. The van der Waals surface area contributed by atoms with Gasteiger partial charge in [-0.25, -0.2) is 9.48 Å². The molecule has 0 fully saturated rings. The third-order valence-corrected chi connectivity index (χ3v) is 3.52. The van der Waals surface area contributed by atoms with E-state index in [1.54, 1.807) is 4.68 Å². The van der Waals surface area contributed by atoms with Gasteiger partial charge >= 0.3 is 5.97 Å². The first-order valence-corrected chi connectivity index (χ1v) is 7.12. The number of rotatable bonds is 4. The second-order valence-electron chi connectivity index (χ2n) is 5.26. The van der Waals surface area contributed by atoms with Gasteiger partial charge in [-0.3, -0.25) is 4.98 Å². The molecule has 6 heteroatoms. The Morgan fingerprint density at radius 3 is 2.57 bits per heavy atom. The van der Waals surface area contributed by atoms with Crippen molar-refractivity contribution in [3.63, 3.8) is 0 Å². The van der Waals surface area contributed by atoms with E-state index in [-0.39, 0.29) is 5.56 Å². The molecule has 0 bridgehead atoms. The smallest absolute Gasteiger partial charge is 0.337 e. The Bertz CT molecular complexity index is 853. The van der Waals surface area contributed by atoms with Gasteiger partial charge in [0.05, 0.1) is 40.7 Å². The molecule has 0 saturated heterocycles. The summed E-state index contributed by atoms with van der Waals surface area (Å²) >= 11 is 0. The number of carbonyl (C=O) groups is 1. The average molecular weight is 308 g/mol. The Hall–Kier alpha value is -3.15. The summed E-state index contributed by atoms with van der Waals surface area (Å²) in [4.78, 5) is 15.2. The van der Waals surface area contributed by atoms with Gasteiger partial charge in [0, 0.05) is 6.20 Å². The molecule has 3 rings (SSSR count). The van der Waals surface area contributed by atoms with Crippen LogP contribution < -0.4 is 5.32 Å². The second kappa shape index (κ2) is 5.92. The first-order valence-electron chi connectivity index (χ1n) is 7.12. The minimum atomic E-state index is -1.00. The molecule has 0 aliphatic heterocycles. The summed E-state index contributed by atoms with van der Waals surface area (Å²) in [5.41, 5.74) is 4.23. The summed E-state index contributed by atoms with van der Waals surface area (Å²) in [6.07, 6.45) is 4.78. The molecule has 2 aromatic heterocycles. The molecule has 2 heterocycles. The number of aromatic carboxylic acids is 1. The topological polar surface area (TPSA) is 80.0 Å². The van der Waals surface area contributed by atoms with Crippen LogP contribution in [-0.2, 0) is 0 Å². The lowest BCUT2D eigenvalue weighted by Gasteiger charge is -2.07. The summed E-state index contributed by atoms with van der Waals surface area (Å²) in [6, 6.07) is 9.47. The largest absolute Gasteiger partial charge is 0.478 e. The van der Waals surface area contributed by atoms with Crippen molar-refractivity contribution in [1.82, 2.24) is 14.8 Å². The van der Waals surface area contributed by atoms with E-state index in [9.17, 15) is 9.90 Å². The van der Waals surface area contributed by atoms with Crippen LogP contribution in [0.3, 0.4) is 0 Å². The molecule has 0 amide bonds.